The Morgan fingerprint density at radius 1 is 0.947 bits per heavy atom. The quantitative estimate of drug-likeness (QED) is 0.580. The Morgan fingerprint density at radius 2 is 1.66 bits per heavy atom. The number of likely N-dealkylation sites (tertiary alicyclic amines) is 1. The van der Waals surface area contributed by atoms with Gasteiger partial charge in [0.25, 0.3) is 5.91 Å². The molecule has 1 N–H and O–H groups in total. The lowest BCUT2D eigenvalue weighted by atomic mass is 10.0. The van der Waals surface area contributed by atoms with Gasteiger partial charge in [-0.25, -0.2) is 8.42 Å². The van der Waals surface area contributed by atoms with Gasteiger partial charge in [0.15, 0.2) is 6.61 Å². The number of piperidine rings is 1. The molecule has 0 aromatic heterocycles. The van der Waals surface area contributed by atoms with E-state index in [1.165, 1.54) is 26.9 Å². The topological polar surface area (TPSA) is 99.3 Å². The Hall–Kier alpha value is -2.95. The number of rotatable bonds is 7. The molecule has 3 aliphatic heterocycles. The van der Waals surface area contributed by atoms with Crippen molar-refractivity contribution in [2.45, 2.75) is 56.0 Å². The molecule has 0 unspecified atom stereocenters. The lowest BCUT2D eigenvalue weighted by Crippen LogP contribution is -2.49. The van der Waals surface area contributed by atoms with Crippen LogP contribution in [0.25, 0.3) is 0 Å². The molecule has 0 spiro atoms. The minimum Gasteiger partial charge on any atom is -0.482 e. The average molecular weight is 541 g/mol. The summed E-state index contributed by atoms with van der Waals surface area (Å²) < 4.78 is 33.8. The zero-order valence-corrected chi connectivity index (χ0v) is 22.5. The molecule has 0 saturated carbocycles. The fourth-order valence-corrected chi connectivity index (χ4v) is 6.98. The molecule has 204 valence electrons. The van der Waals surface area contributed by atoms with Gasteiger partial charge in [-0.1, -0.05) is 43.2 Å². The minimum atomic E-state index is -3.70. The SMILES string of the molecule is O=C(CN1C(=O)COc2ccc(S(=O)(=O)N3CCCCCC3)cc21)NC1CCN(Cc2ccccc2)CC1. The van der Waals surface area contributed by atoms with Crippen LogP contribution in [0, 0.1) is 0 Å². The maximum Gasteiger partial charge on any atom is 0.265 e. The van der Waals surface area contributed by atoms with E-state index in [1.807, 2.05) is 18.2 Å². The van der Waals surface area contributed by atoms with Crippen LogP contribution in [0.4, 0.5) is 5.69 Å². The monoisotopic (exact) mass is 540 g/mol. The summed E-state index contributed by atoms with van der Waals surface area (Å²) in [5.41, 5.74) is 1.60. The highest BCUT2D eigenvalue weighted by Gasteiger charge is 2.32. The van der Waals surface area contributed by atoms with Crippen LogP contribution in [0.5, 0.6) is 5.75 Å². The van der Waals surface area contributed by atoms with Gasteiger partial charge in [0.05, 0.1) is 10.6 Å². The first kappa shape index (κ1) is 26.6. The number of carbonyl (C=O) groups is 2. The number of anilines is 1. The van der Waals surface area contributed by atoms with E-state index >= 15 is 0 Å². The van der Waals surface area contributed by atoms with Crippen molar-refractivity contribution < 1.29 is 22.7 Å². The highest BCUT2D eigenvalue weighted by Crippen LogP contribution is 2.35. The maximum absolute atomic E-state index is 13.3. The van der Waals surface area contributed by atoms with E-state index in [-0.39, 0.29) is 35.9 Å². The van der Waals surface area contributed by atoms with E-state index in [2.05, 4.69) is 22.3 Å². The Labute approximate surface area is 224 Å². The van der Waals surface area contributed by atoms with Gasteiger partial charge in [0, 0.05) is 38.8 Å². The number of fused-ring (bicyclic) bond motifs is 1. The Bertz CT molecular complexity index is 1240. The molecule has 2 saturated heterocycles. The number of sulfonamides is 1. The predicted octanol–water partition coefficient (Wildman–Crippen LogP) is 2.76. The van der Waals surface area contributed by atoms with E-state index in [4.69, 9.17) is 4.74 Å². The first-order chi connectivity index (χ1) is 18.4. The molecule has 38 heavy (non-hydrogen) atoms. The first-order valence-corrected chi connectivity index (χ1v) is 15.0. The molecule has 3 heterocycles. The number of hydrogen-bond acceptors (Lipinski definition) is 6. The van der Waals surface area contributed by atoms with E-state index in [0.717, 1.165) is 58.2 Å². The molecule has 0 aliphatic carbocycles. The smallest absolute Gasteiger partial charge is 0.265 e. The number of nitrogens with one attached hydrogen (secondary N) is 1. The lowest BCUT2D eigenvalue weighted by Gasteiger charge is -2.33. The van der Waals surface area contributed by atoms with E-state index in [0.29, 0.717) is 24.5 Å². The Morgan fingerprint density at radius 3 is 2.37 bits per heavy atom. The Kier molecular flexibility index (Phi) is 8.30. The molecular weight excluding hydrogens is 504 g/mol. The summed E-state index contributed by atoms with van der Waals surface area (Å²) in [6, 6.07) is 15.0. The van der Waals surface area contributed by atoms with Crippen molar-refractivity contribution in [2.75, 3.05) is 44.2 Å². The van der Waals surface area contributed by atoms with Crippen LogP contribution in [-0.4, -0.2) is 74.8 Å². The van der Waals surface area contributed by atoms with Gasteiger partial charge in [0.2, 0.25) is 15.9 Å². The second-order valence-corrected chi connectivity index (χ2v) is 12.3. The maximum atomic E-state index is 13.3. The fraction of sp³-hybridized carbons (Fsp3) is 0.500. The van der Waals surface area contributed by atoms with Crippen molar-refractivity contribution in [3.8, 4) is 5.75 Å². The normalized spacial score (nSPS) is 19.9. The van der Waals surface area contributed by atoms with Crippen LogP contribution in [-0.2, 0) is 26.2 Å². The molecule has 0 radical (unpaired) electrons. The molecule has 3 aliphatic rings. The van der Waals surface area contributed by atoms with Crippen molar-refractivity contribution in [3.63, 3.8) is 0 Å². The van der Waals surface area contributed by atoms with Crippen molar-refractivity contribution in [1.29, 1.82) is 0 Å². The second-order valence-electron chi connectivity index (χ2n) is 10.3. The summed E-state index contributed by atoms with van der Waals surface area (Å²) in [6.07, 6.45) is 5.39. The minimum absolute atomic E-state index is 0.0416. The number of hydrogen-bond donors (Lipinski definition) is 1. The summed E-state index contributed by atoms with van der Waals surface area (Å²) in [5.74, 6) is -0.218. The van der Waals surface area contributed by atoms with Crippen LogP contribution < -0.4 is 15.0 Å². The molecule has 5 rings (SSSR count). The second kappa shape index (κ2) is 11.8. The number of amides is 2. The van der Waals surface area contributed by atoms with Gasteiger partial charge in [-0.2, -0.15) is 4.31 Å². The predicted molar refractivity (Wildman–Crippen MR) is 144 cm³/mol. The number of benzene rings is 2. The molecule has 0 atom stereocenters. The van der Waals surface area contributed by atoms with Crippen LogP contribution in [0.1, 0.15) is 44.1 Å². The van der Waals surface area contributed by atoms with Crippen molar-refractivity contribution in [1.82, 2.24) is 14.5 Å². The van der Waals surface area contributed by atoms with E-state index in [1.54, 1.807) is 6.07 Å². The zero-order valence-electron chi connectivity index (χ0n) is 21.7. The van der Waals surface area contributed by atoms with Gasteiger partial charge in [-0.05, 0) is 49.4 Å². The van der Waals surface area contributed by atoms with Gasteiger partial charge in [-0.3, -0.25) is 19.4 Å². The number of carbonyl (C=O) groups excluding carboxylic acids is 2. The van der Waals surface area contributed by atoms with E-state index in [9.17, 15) is 18.0 Å². The summed E-state index contributed by atoms with van der Waals surface area (Å²) in [4.78, 5) is 29.6. The molecule has 2 aromatic carbocycles. The van der Waals surface area contributed by atoms with E-state index < -0.39 is 10.0 Å². The van der Waals surface area contributed by atoms with Crippen molar-refractivity contribution >= 4 is 27.5 Å². The number of ether oxygens (including phenoxy) is 1. The first-order valence-electron chi connectivity index (χ1n) is 13.5. The van der Waals surface area contributed by atoms with Gasteiger partial charge >= 0.3 is 0 Å². The molecule has 10 heteroatoms. The molecular formula is C28H36N4O5S. The van der Waals surface area contributed by atoms with Crippen LogP contribution in [0.2, 0.25) is 0 Å². The Balaban J connectivity index is 1.22. The molecule has 0 bridgehead atoms. The summed E-state index contributed by atoms with van der Waals surface area (Å²) in [6.45, 7) is 3.29. The summed E-state index contributed by atoms with van der Waals surface area (Å²) in [5, 5.41) is 3.08. The average Bonchev–Trinajstić information content (AvgIpc) is 3.22. The van der Waals surface area contributed by atoms with Crippen molar-refractivity contribution in [2.24, 2.45) is 0 Å². The molecule has 2 aromatic rings. The van der Waals surface area contributed by atoms with Crippen LogP contribution in [0.3, 0.4) is 0 Å². The molecule has 2 amide bonds. The third-order valence-electron chi connectivity index (χ3n) is 7.58. The lowest BCUT2D eigenvalue weighted by molar-refractivity contribution is -0.125. The highest BCUT2D eigenvalue weighted by atomic mass is 32.2. The highest BCUT2D eigenvalue weighted by molar-refractivity contribution is 7.89. The third-order valence-corrected chi connectivity index (χ3v) is 9.47. The molecule has 9 nitrogen and oxygen atoms in total. The van der Waals surface area contributed by atoms with Gasteiger partial charge in [-0.15, -0.1) is 0 Å². The van der Waals surface area contributed by atoms with Crippen molar-refractivity contribution in [3.05, 3.63) is 54.1 Å². The third kappa shape index (κ3) is 6.19. The van der Waals surface area contributed by atoms with Crippen LogP contribution >= 0.6 is 0 Å². The largest absolute Gasteiger partial charge is 0.482 e. The van der Waals surface area contributed by atoms with Crippen LogP contribution in [0.15, 0.2) is 53.4 Å². The standard InChI is InChI=1S/C28H36N4O5S/c33-27(29-23-12-16-30(17-13-23)19-22-8-4-3-5-9-22)20-32-25-18-24(10-11-26(25)37-21-28(32)34)38(35,36)31-14-6-1-2-7-15-31/h3-5,8-11,18,23H,1-2,6-7,12-17,19-21H2,(H,29,33). The summed E-state index contributed by atoms with van der Waals surface area (Å²) in [7, 11) is -3.70. The van der Waals surface area contributed by atoms with Gasteiger partial charge in [0.1, 0.15) is 12.3 Å². The molecule has 2 fully saturated rings. The summed E-state index contributed by atoms with van der Waals surface area (Å²) >= 11 is 0. The number of nitrogens with zero attached hydrogens (tertiary/aromatic N) is 3. The van der Waals surface area contributed by atoms with Gasteiger partial charge < -0.3 is 10.1 Å². The fourth-order valence-electron chi connectivity index (χ4n) is 5.44. The zero-order chi connectivity index (χ0) is 26.5.